The van der Waals surface area contributed by atoms with Crippen LogP contribution in [0.2, 0.25) is 0 Å². The van der Waals surface area contributed by atoms with Gasteiger partial charge in [0.1, 0.15) is 17.0 Å². The molecule has 0 bridgehead atoms. The Hall–Kier alpha value is -1.46. The zero-order valence-electron chi connectivity index (χ0n) is 11.7. The number of nitrogens with one attached hydrogen (secondary N) is 1. The maximum absolute atomic E-state index is 5.96. The molecular weight excluding hydrogens is 268 g/mol. The van der Waals surface area contributed by atoms with E-state index in [-0.39, 0.29) is 0 Å². The normalized spacial score (nSPS) is 22.9. The average Bonchev–Trinajstić information content (AvgIpc) is 2.77. The lowest BCUT2D eigenvalue weighted by Crippen LogP contribution is -2.33. The van der Waals surface area contributed by atoms with Crippen LogP contribution in [0.4, 0.5) is 5.82 Å². The van der Waals surface area contributed by atoms with Crippen molar-refractivity contribution >= 4 is 33.4 Å². The Kier molecular flexibility index (Phi) is 3.72. The molecule has 4 nitrogen and oxygen atoms in total. The highest BCUT2D eigenvalue weighted by atomic mass is 32.1. The quantitative estimate of drug-likeness (QED) is 0.909. The Bertz CT molecular complexity index is 626. The first-order valence-electron chi connectivity index (χ1n) is 7.07. The Balaban J connectivity index is 1.93. The van der Waals surface area contributed by atoms with E-state index in [2.05, 4.69) is 28.8 Å². The van der Waals surface area contributed by atoms with Gasteiger partial charge in [0.2, 0.25) is 0 Å². The summed E-state index contributed by atoms with van der Waals surface area (Å²) in [5.41, 5.74) is 7.12. The van der Waals surface area contributed by atoms with E-state index in [1.165, 1.54) is 4.88 Å². The summed E-state index contributed by atoms with van der Waals surface area (Å²) in [7, 11) is 0. The number of fused-ring (bicyclic) bond motifs is 1. The maximum atomic E-state index is 5.96. The summed E-state index contributed by atoms with van der Waals surface area (Å²) in [4.78, 5) is 11.1. The van der Waals surface area contributed by atoms with E-state index in [9.17, 15) is 0 Å². The lowest BCUT2D eigenvalue weighted by molar-refractivity contribution is 0.410. The van der Waals surface area contributed by atoms with Crippen molar-refractivity contribution < 1.29 is 0 Å². The van der Waals surface area contributed by atoms with Crippen LogP contribution in [0.25, 0.3) is 16.3 Å². The second kappa shape index (κ2) is 5.50. The number of hydrogen-bond donors (Lipinski definition) is 2. The Morgan fingerprint density at radius 1 is 1.35 bits per heavy atom. The van der Waals surface area contributed by atoms with Crippen LogP contribution < -0.4 is 11.1 Å². The molecule has 2 heterocycles. The van der Waals surface area contributed by atoms with Crippen LogP contribution >= 0.6 is 11.3 Å². The van der Waals surface area contributed by atoms with Gasteiger partial charge in [-0.2, -0.15) is 0 Å². The zero-order valence-corrected chi connectivity index (χ0v) is 12.5. The highest BCUT2D eigenvalue weighted by molar-refractivity contribution is 7.19. The summed E-state index contributed by atoms with van der Waals surface area (Å²) in [6.45, 7) is 6.02. The van der Waals surface area contributed by atoms with Crippen LogP contribution in [0.1, 0.15) is 36.1 Å². The first-order valence-corrected chi connectivity index (χ1v) is 7.89. The van der Waals surface area contributed by atoms with Gasteiger partial charge in [-0.15, -0.1) is 11.3 Å². The van der Waals surface area contributed by atoms with Gasteiger partial charge in [-0.3, -0.25) is 0 Å². The molecule has 2 aromatic rings. The van der Waals surface area contributed by atoms with Crippen molar-refractivity contribution in [1.29, 1.82) is 0 Å². The second-order valence-corrected chi connectivity index (χ2v) is 6.64. The third-order valence-electron chi connectivity index (χ3n) is 4.03. The van der Waals surface area contributed by atoms with Gasteiger partial charge >= 0.3 is 0 Å². The molecule has 1 aliphatic carbocycles. The monoisotopic (exact) mass is 288 g/mol. The molecule has 3 rings (SSSR count). The number of anilines is 1. The van der Waals surface area contributed by atoms with Gasteiger partial charge in [-0.05, 0) is 32.6 Å². The largest absolute Gasteiger partial charge is 0.367 e. The minimum absolute atomic E-state index is 0.366. The number of nitrogens with two attached hydrogens (primary N) is 1. The number of aromatic nitrogens is 2. The molecule has 2 aromatic heterocycles. The fourth-order valence-corrected chi connectivity index (χ4v) is 3.87. The molecule has 0 amide bonds. The molecule has 106 valence electrons. The van der Waals surface area contributed by atoms with Gasteiger partial charge in [-0.25, -0.2) is 9.97 Å². The van der Waals surface area contributed by atoms with Crippen LogP contribution in [-0.4, -0.2) is 22.1 Å². The van der Waals surface area contributed by atoms with Gasteiger partial charge < -0.3 is 11.1 Å². The third-order valence-corrected chi connectivity index (χ3v) is 5.06. The van der Waals surface area contributed by atoms with E-state index in [0.29, 0.717) is 12.1 Å². The molecule has 3 N–H and O–H groups in total. The van der Waals surface area contributed by atoms with Crippen molar-refractivity contribution in [1.82, 2.24) is 9.97 Å². The van der Waals surface area contributed by atoms with Gasteiger partial charge in [0.15, 0.2) is 0 Å². The molecule has 1 saturated carbocycles. The molecular formula is C15H20N4S. The Morgan fingerprint density at radius 3 is 2.80 bits per heavy atom. The van der Waals surface area contributed by atoms with Crippen molar-refractivity contribution in [2.75, 3.05) is 5.32 Å². The zero-order chi connectivity index (χ0) is 14.1. The highest BCUT2D eigenvalue weighted by Crippen LogP contribution is 2.34. The molecule has 0 spiro atoms. The summed E-state index contributed by atoms with van der Waals surface area (Å²) in [6, 6.07) is 0.830. The second-order valence-electron chi connectivity index (χ2n) is 5.43. The molecule has 0 aliphatic heterocycles. The third kappa shape index (κ3) is 2.43. The summed E-state index contributed by atoms with van der Waals surface area (Å²) in [5, 5.41) is 4.70. The maximum Gasteiger partial charge on any atom is 0.139 e. The highest BCUT2D eigenvalue weighted by Gasteiger charge is 2.20. The lowest BCUT2D eigenvalue weighted by atomic mass is 9.92. The number of nitrogens with zero attached hydrogens (tertiary/aromatic N) is 2. The Morgan fingerprint density at radius 2 is 2.10 bits per heavy atom. The molecule has 5 heteroatoms. The summed E-state index contributed by atoms with van der Waals surface area (Å²) >= 11 is 1.70. The van der Waals surface area contributed by atoms with E-state index in [0.717, 1.165) is 47.3 Å². The van der Waals surface area contributed by atoms with Crippen molar-refractivity contribution in [3.05, 3.63) is 23.3 Å². The predicted molar refractivity (Wildman–Crippen MR) is 86.1 cm³/mol. The van der Waals surface area contributed by atoms with Crippen molar-refractivity contribution in [2.24, 2.45) is 5.73 Å². The first kappa shape index (κ1) is 13.5. The van der Waals surface area contributed by atoms with E-state index >= 15 is 0 Å². The molecule has 0 saturated heterocycles. The topological polar surface area (TPSA) is 63.8 Å². The molecule has 0 atom stereocenters. The summed E-state index contributed by atoms with van der Waals surface area (Å²) in [5.74, 6) is 0.940. The van der Waals surface area contributed by atoms with Crippen molar-refractivity contribution in [3.63, 3.8) is 0 Å². The molecule has 1 fully saturated rings. The van der Waals surface area contributed by atoms with Gasteiger partial charge in [0.05, 0.1) is 5.39 Å². The fourth-order valence-electron chi connectivity index (χ4n) is 2.88. The minimum atomic E-state index is 0.366. The van der Waals surface area contributed by atoms with Crippen LogP contribution in [0.3, 0.4) is 0 Å². The summed E-state index contributed by atoms with van der Waals surface area (Å²) < 4.78 is 0. The van der Waals surface area contributed by atoms with Crippen LogP contribution in [0.15, 0.2) is 12.9 Å². The molecule has 0 aromatic carbocycles. The average molecular weight is 288 g/mol. The van der Waals surface area contributed by atoms with E-state index in [1.54, 1.807) is 17.7 Å². The lowest BCUT2D eigenvalue weighted by Gasteiger charge is -2.27. The van der Waals surface area contributed by atoms with Crippen molar-refractivity contribution in [2.45, 2.75) is 44.7 Å². The molecule has 0 unspecified atom stereocenters. The minimum Gasteiger partial charge on any atom is -0.367 e. The Labute approximate surface area is 123 Å². The van der Waals surface area contributed by atoms with Crippen molar-refractivity contribution in [3.8, 4) is 0 Å². The fraction of sp³-hybridized carbons (Fsp3) is 0.467. The number of aryl methyl sites for hydroxylation is 1. The standard InChI is InChI=1S/C15H20N4S/c1-3-12-9(2)20-15-13(12)14(17-8-18-15)19-11-6-4-10(16)5-7-11/h3,8,10-11H,1,4-7,16H2,2H3,(H,17,18,19)/t10-,11-. The SMILES string of the molecule is C=Cc1c(C)sc2ncnc(N[C@H]3CC[C@H](N)CC3)c12. The number of thiophene rings is 1. The number of hydrogen-bond acceptors (Lipinski definition) is 5. The molecule has 0 radical (unpaired) electrons. The van der Waals surface area contributed by atoms with E-state index in [4.69, 9.17) is 5.73 Å². The smallest absolute Gasteiger partial charge is 0.139 e. The van der Waals surface area contributed by atoms with E-state index in [1.807, 2.05) is 6.08 Å². The molecule has 1 aliphatic rings. The van der Waals surface area contributed by atoms with Gasteiger partial charge in [0, 0.05) is 22.5 Å². The van der Waals surface area contributed by atoms with Crippen LogP contribution in [-0.2, 0) is 0 Å². The summed E-state index contributed by atoms with van der Waals surface area (Å²) in [6.07, 6.45) is 7.94. The molecule has 20 heavy (non-hydrogen) atoms. The van der Waals surface area contributed by atoms with Crippen LogP contribution in [0, 0.1) is 6.92 Å². The van der Waals surface area contributed by atoms with E-state index < -0.39 is 0 Å². The predicted octanol–water partition coefficient (Wildman–Crippen LogP) is 3.32. The van der Waals surface area contributed by atoms with Crippen LogP contribution in [0.5, 0.6) is 0 Å². The first-order chi connectivity index (χ1) is 9.69. The number of rotatable bonds is 3. The van der Waals surface area contributed by atoms with Gasteiger partial charge in [-0.1, -0.05) is 12.7 Å². The van der Waals surface area contributed by atoms with Gasteiger partial charge in [0.25, 0.3) is 0 Å².